The highest BCUT2D eigenvalue weighted by Gasteiger charge is 2.09. The van der Waals surface area contributed by atoms with Crippen molar-refractivity contribution in [2.24, 2.45) is 0 Å². The summed E-state index contributed by atoms with van der Waals surface area (Å²) in [7, 11) is 0. The molecule has 3 heteroatoms. The van der Waals surface area contributed by atoms with Crippen LogP contribution in [0.25, 0.3) is 0 Å². The zero-order chi connectivity index (χ0) is 10.5. The predicted octanol–water partition coefficient (Wildman–Crippen LogP) is 1.30. The molecule has 0 amide bonds. The van der Waals surface area contributed by atoms with Gasteiger partial charge in [0.1, 0.15) is 6.29 Å². The first-order valence-corrected chi connectivity index (χ1v) is 5.41. The number of rotatable bonds is 2. The van der Waals surface area contributed by atoms with Crippen molar-refractivity contribution < 1.29 is 4.79 Å². The zero-order valence-electron chi connectivity index (χ0n) is 8.78. The van der Waals surface area contributed by atoms with Crippen molar-refractivity contribution in [1.82, 2.24) is 5.32 Å². The lowest BCUT2D eigenvalue weighted by molar-refractivity contribution is 0.112. The first-order chi connectivity index (χ1) is 7.40. The number of hydrogen-bond acceptors (Lipinski definition) is 3. The van der Waals surface area contributed by atoms with Crippen LogP contribution in [-0.2, 0) is 0 Å². The van der Waals surface area contributed by atoms with Crippen molar-refractivity contribution in [3.8, 4) is 0 Å². The smallest absolute Gasteiger partial charge is 0.150 e. The van der Waals surface area contributed by atoms with Gasteiger partial charge < -0.3 is 10.2 Å². The second-order valence-electron chi connectivity index (χ2n) is 3.80. The molecule has 0 aromatic heterocycles. The molecule has 3 nitrogen and oxygen atoms in total. The first-order valence-electron chi connectivity index (χ1n) is 5.41. The molecular formula is C12H16N2O. The number of carbonyl (C=O) groups excluding carboxylic acids is 1. The summed E-state index contributed by atoms with van der Waals surface area (Å²) in [6.45, 7) is 4.19. The number of nitrogens with one attached hydrogen (secondary N) is 1. The fourth-order valence-electron chi connectivity index (χ4n) is 1.90. The van der Waals surface area contributed by atoms with Crippen LogP contribution in [0.1, 0.15) is 16.8 Å². The van der Waals surface area contributed by atoms with Gasteiger partial charge in [0.2, 0.25) is 0 Å². The van der Waals surface area contributed by atoms with Gasteiger partial charge in [0.05, 0.1) is 0 Å². The molecule has 1 aliphatic heterocycles. The second-order valence-corrected chi connectivity index (χ2v) is 3.80. The highest BCUT2D eigenvalue weighted by molar-refractivity contribution is 5.77. The van der Waals surface area contributed by atoms with E-state index in [1.165, 1.54) is 0 Å². The minimum atomic E-state index is 0.754. The maximum absolute atomic E-state index is 10.7. The van der Waals surface area contributed by atoms with E-state index in [0.717, 1.165) is 50.1 Å². The van der Waals surface area contributed by atoms with E-state index in [2.05, 4.69) is 16.3 Å². The Morgan fingerprint density at radius 1 is 1.27 bits per heavy atom. The molecule has 0 unspecified atom stereocenters. The van der Waals surface area contributed by atoms with Crippen molar-refractivity contribution >= 4 is 12.0 Å². The van der Waals surface area contributed by atoms with Crippen LogP contribution in [0, 0.1) is 0 Å². The van der Waals surface area contributed by atoms with Crippen LogP contribution in [0.3, 0.4) is 0 Å². The molecule has 1 aromatic rings. The van der Waals surface area contributed by atoms with E-state index in [9.17, 15) is 4.79 Å². The van der Waals surface area contributed by atoms with Gasteiger partial charge in [-0.2, -0.15) is 0 Å². The first kappa shape index (κ1) is 10.2. The average Bonchev–Trinajstić information content (AvgIpc) is 2.58. The molecule has 1 saturated heterocycles. The fourth-order valence-corrected chi connectivity index (χ4v) is 1.90. The molecule has 15 heavy (non-hydrogen) atoms. The summed E-state index contributed by atoms with van der Waals surface area (Å²) in [4.78, 5) is 13.0. The number of carbonyl (C=O) groups is 1. The summed E-state index contributed by atoms with van der Waals surface area (Å²) >= 11 is 0. The maximum atomic E-state index is 10.7. The van der Waals surface area contributed by atoms with Gasteiger partial charge in [-0.15, -0.1) is 0 Å². The van der Waals surface area contributed by atoms with Crippen LogP contribution in [0.15, 0.2) is 24.3 Å². The second kappa shape index (κ2) is 4.94. The van der Waals surface area contributed by atoms with Crippen molar-refractivity contribution in [2.45, 2.75) is 6.42 Å². The molecule has 1 heterocycles. The van der Waals surface area contributed by atoms with E-state index in [-0.39, 0.29) is 0 Å². The van der Waals surface area contributed by atoms with Gasteiger partial charge in [-0.25, -0.2) is 0 Å². The van der Waals surface area contributed by atoms with E-state index < -0.39 is 0 Å². The van der Waals surface area contributed by atoms with Gasteiger partial charge in [-0.05, 0) is 25.1 Å². The average molecular weight is 204 g/mol. The lowest BCUT2D eigenvalue weighted by atomic mass is 10.2. The van der Waals surface area contributed by atoms with Crippen LogP contribution in [-0.4, -0.2) is 32.5 Å². The van der Waals surface area contributed by atoms with Crippen molar-refractivity contribution in [1.29, 1.82) is 0 Å². The highest BCUT2D eigenvalue weighted by atomic mass is 16.1. The molecule has 0 radical (unpaired) electrons. The van der Waals surface area contributed by atoms with E-state index >= 15 is 0 Å². The third-order valence-corrected chi connectivity index (χ3v) is 2.71. The molecule has 0 atom stereocenters. The molecule has 1 N–H and O–H groups in total. The molecule has 0 aliphatic carbocycles. The quantitative estimate of drug-likeness (QED) is 0.737. The van der Waals surface area contributed by atoms with Gasteiger partial charge in [-0.1, -0.05) is 12.1 Å². The summed E-state index contributed by atoms with van der Waals surface area (Å²) in [6, 6.07) is 7.81. The van der Waals surface area contributed by atoms with Crippen LogP contribution in [0.5, 0.6) is 0 Å². The lowest BCUT2D eigenvalue weighted by Gasteiger charge is -2.22. The highest BCUT2D eigenvalue weighted by Crippen LogP contribution is 2.16. The molecule has 0 saturated carbocycles. The Bertz CT molecular complexity index is 330. The summed E-state index contributed by atoms with van der Waals surface area (Å²) in [5, 5.41) is 3.36. The molecule has 1 aromatic carbocycles. The number of nitrogens with zero attached hydrogens (tertiary/aromatic N) is 1. The number of anilines is 1. The Morgan fingerprint density at radius 3 is 3.07 bits per heavy atom. The molecular weight excluding hydrogens is 188 g/mol. The SMILES string of the molecule is O=Cc1cccc(N2CCCNCC2)c1. The Labute approximate surface area is 90.1 Å². The van der Waals surface area contributed by atoms with Crippen molar-refractivity contribution in [2.75, 3.05) is 31.1 Å². The molecule has 2 rings (SSSR count). The molecule has 1 aliphatic rings. The summed E-state index contributed by atoms with van der Waals surface area (Å²) in [5.74, 6) is 0. The number of benzene rings is 1. The largest absolute Gasteiger partial charge is 0.370 e. The third kappa shape index (κ3) is 2.57. The van der Waals surface area contributed by atoms with Gasteiger partial charge in [0.15, 0.2) is 0 Å². The summed E-state index contributed by atoms with van der Waals surface area (Å²) in [5.41, 5.74) is 1.91. The van der Waals surface area contributed by atoms with E-state index in [1.807, 2.05) is 18.2 Å². The van der Waals surface area contributed by atoms with Crippen LogP contribution < -0.4 is 10.2 Å². The lowest BCUT2D eigenvalue weighted by Crippen LogP contribution is -2.27. The van der Waals surface area contributed by atoms with Crippen LogP contribution in [0.2, 0.25) is 0 Å². The number of hydrogen-bond donors (Lipinski definition) is 1. The molecule has 0 spiro atoms. The standard InChI is InChI=1S/C12H16N2O/c15-10-11-3-1-4-12(9-11)14-7-2-5-13-6-8-14/h1,3-4,9-10,13H,2,5-8H2. The van der Waals surface area contributed by atoms with Crippen molar-refractivity contribution in [3.63, 3.8) is 0 Å². The molecule has 80 valence electrons. The van der Waals surface area contributed by atoms with Crippen molar-refractivity contribution in [3.05, 3.63) is 29.8 Å². The monoisotopic (exact) mass is 204 g/mol. The fraction of sp³-hybridized carbons (Fsp3) is 0.417. The summed E-state index contributed by atoms with van der Waals surface area (Å²) in [6.07, 6.45) is 2.06. The zero-order valence-corrected chi connectivity index (χ0v) is 8.78. The van der Waals surface area contributed by atoms with E-state index in [0.29, 0.717) is 0 Å². The Hall–Kier alpha value is -1.35. The maximum Gasteiger partial charge on any atom is 0.150 e. The predicted molar refractivity (Wildman–Crippen MR) is 61.5 cm³/mol. The van der Waals surface area contributed by atoms with Crippen LogP contribution >= 0.6 is 0 Å². The molecule has 0 bridgehead atoms. The third-order valence-electron chi connectivity index (χ3n) is 2.71. The van der Waals surface area contributed by atoms with Gasteiger partial charge in [0.25, 0.3) is 0 Å². The minimum Gasteiger partial charge on any atom is -0.370 e. The van der Waals surface area contributed by atoms with Gasteiger partial charge in [0, 0.05) is 30.9 Å². The summed E-state index contributed by atoms with van der Waals surface area (Å²) < 4.78 is 0. The molecule has 1 fully saturated rings. The topological polar surface area (TPSA) is 32.3 Å². The number of aldehydes is 1. The Balaban J connectivity index is 2.15. The van der Waals surface area contributed by atoms with E-state index in [4.69, 9.17) is 0 Å². The Morgan fingerprint density at radius 2 is 2.20 bits per heavy atom. The van der Waals surface area contributed by atoms with E-state index in [1.54, 1.807) is 0 Å². The van der Waals surface area contributed by atoms with Gasteiger partial charge in [-0.3, -0.25) is 4.79 Å². The van der Waals surface area contributed by atoms with Gasteiger partial charge >= 0.3 is 0 Å². The normalized spacial score (nSPS) is 17.2. The van der Waals surface area contributed by atoms with Crippen LogP contribution in [0.4, 0.5) is 5.69 Å². The Kier molecular flexibility index (Phi) is 3.35. The minimum absolute atomic E-state index is 0.754.